The second kappa shape index (κ2) is 5.56. The molecule has 0 N–H and O–H groups in total. The van der Waals surface area contributed by atoms with Gasteiger partial charge in [0.05, 0.1) is 38.7 Å². The summed E-state index contributed by atoms with van der Waals surface area (Å²) in [5, 5.41) is 0.470. The van der Waals surface area contributed by atoms with Crippen molar-refractivity contribution in [3.8, 4) is 5.75 Å². The van der Waals surface area contributed by atoms with Gasteiger partial charge in [-0.3, -0.25) is 0 Å². The molecule has 5 rings (SSSR count). The van der Waals surface area contributed by atoms with Crippen LogP contribution in [0, 0.1) is 11.3 Å². The third-order valence-electron chi connectivity index (χ3n) is 5.93. The molecule has 4 heterocycles. The van der Waals surface area contributed by atoms with E-state index in [1.165, 1.54) is 12.8 Å². The number of rotatable bonds is 3. The largest absolute Gasteiger partial charge is 0.493 e. The lowest BCUT2D eigenvalue weighted by Crippen LogP contribution is -2.53. The van der Waals surface area contributed by atoms with Crippen molar-refractivity contribution in [2.45, 2.75) is 31.3 Å². The molecule has 5 nitrogen and oxygen atoms in total. The van der Waals surface area contributed by atoms with Gasteiger partial charge in [-0.1, -0.05) is 11.6 Å². The van der Waals surface area contributed by atoms with E-state index in [4.69, 9.17) is 30.5 Å². The Hall–Kier alpha value is -0.880. The topological polar surface area (TPSA) is 49.8 Å². The summed E-state index contributed by atoms with van der Waals surface area (Å²) in [4.78, 5) is 4.58. The van der Waals surface area contributed by atoms with Gasteiger partial charge in [0, 0.05) is 36.5 Å². The molecule has 0 amide bonds. The summed E-state index contributed by atoms with van der Waals surface area (Å²) < 4.78 is 23.2. The quantitative estimate of drug-likeness (QED) is 0.784. The highest BCUT2D eigenvalue weighted by Crippen LogP contribution is 2.51. The molecule has 3 aliphatic heterocycles. The van der Waals surface area contributed by atoms with Crippen LogP contribution in [0.2, 0.25) is 5.15 Å². The highest BCUT2D eigenvalue weighted by atomic mass is 35.5. The number of ether oxygens (including phenoxy) is 4. The van der Waals surface area contributed by atoms with Gasteiger partial charge in [-0.2, -0.15) is 0 Å². The van der Waals surface area contributed by atoms with Crippen LogP contribution in [-0.2, 0) is 26.2 Å². The van der Waals surface area contributed by atoms with Gasteiger partial charge in [0.15, 0.2) is 0 Å². The van der Waals surface area contributed by atoms with Crippen LogP contribution >= 0.6 is 11.6 Å². The third-order valence-corrected chi connectivity index (χ3v) is 6.13. The van der Waals surface area contributed by atoms with Crippen molar-refractivity contribution < 1.29 is 18.9 Å². The second-order valence-electron chi connectivity index (χ2n) is 7.74. The number of fused-ring (bicyclic) bond motifs is 2. The normalized spacial score (nSPS) is 30.9. The van der Waals surface area contributed by atoms with E-state index in [-0.39, 0.29) is 0 Å². The predicted octanol–water partition coefficient (Wildman–Crippen LogP) is 2.73. The molecule has 1 aromatic rings. The van der Waals surface area contributed by atoms with Crippen LogP contribution in [0.1, 0.15) is 30.5 Å². The lowest BCUT2D eigenvalue weighted by Gasteiger charge is -2.53. The molecule has 24 heavy (non-hydrogen) atoms. The van der Waals surface area contributed by atoms with E-state index in [0.29, 0.717) is 36.3 Å². The Morgan fingerprint density at radius 1 is 1.21 bits per heavy atom. The average molecular weight is 352 g/mol. The first-order valence-corrected chi connectivity index (χ1v) is 9.18. The van der Waals surface area contributed by atoms with Gasteiger partial charge in [0.1, 0.15) is 16.5 Å². The minimum Gasteiger partial charge on any atom is -0.493 e. The van der Waals surface area contributed by atoms with Crippen LogP contribution in [0.5, 0.6) is 5.75 Å². The minimum atomic E-state index is -0.430. The van der Waals surface area contributed by atoms with E-state index in [2.05, 4.69) is 4.98 Å². The Balaban J connectivity index is 1.35. The monoisotopic (exact) mass is 351 g/mol. The predicted molar refractivity (Wildman–Crippen MR) is 87.5 cm³/mol. The lowest BCUT2D eigenvalue weighted by molar-refractivity contribution is -0.183. The fraction of sp³-hybridized carbons (Fsp3) is 0.722. The first-order chi connectivity index (χ1) is 11.7. The number of hydrogen-bond acceptors (Lipinski definition) is 5. The molecule has 3 fully saturated rings. The first kappa shape index (κ1) is 15.4. The fourth-order valence-corrected chi connectivity index (χ4v) is 4.83. The summed E-state index contributed by atoms with van der Waals surface area (Å²) in [6.07, 6.45) is 4.08. The maximum Gasteiger partial charge on any atom is 0.136 e. The average Bonchev–Trinajstić information content (AvgIpc) is 2.94. The van der Waals surface area contributed by atoms with Crippen LogP contribution in [-0.4, -0.2) is 44.6 Å². The summed E-state index contributed by atoms with van der Waals surface area (Å²) >= 11 is 6.28. The molecule has 6 heteroatoms. The van der Waals surface area contributed by atoms with Crippen LogP contribution in [0.3, 0.4) is 0 Å². The molecule has 2 spiro atoms. The summed E-state index contributed by atoms with van der Waals surface area (Å²) in [6.45, 7) is 4.55. The zero-order valence-corrected chi connectivity index (χ0v) is 14.4. The van der Waals surface area contributed by atoms with E-state index in [9.17, 15) is 0 Å². The van der Waals surface area contributed by atoms with Crippen molar-refractivity contribution in [1.29, 1.82) is 0 Å². The van der Waals surface area contributed by atoms with Crippen molar-refractivity contribution in [2.75, 3.05) is 39.6 Å². The molecule has 0 aromatic carbocycles. The van der Waals surface area contributed by atoms with Gasteiger partial charge in [-0.15, -0.1) is 0 Å². The zero-order chi connectivity index (χ0) is 16.2. The van der Waals surface area contributed by atoms with E-state index in [1.807, 2.05) is 6.07 Å². The molecule has 1 aromatic heterocycles. The van der Waals surface area contributed by atoms with E-state index in [1.54, 1.807) is 0 Å². The summed E-state index contributed by atoms with van der Waals surface area (Å²) in [6, 6.07) is 1.86. The van der Waals surface area contributed by atoms with Crippen LogP contribution in [0.25, 0.3) is 0 Å². The van der Waals surface area contributed by atoms with Crippen molar-refractivity contribution in [3.63, 3.8) is 0 Å². The number of aromatic nitrogens is 1. The molecule has 2 saturated heterocycles. The lowest BCUT2D eigenvalue weighted by atomic mass is 9.61. The highest BCUT2D eigenvalue weighted by Gasteiger charge is 2.50. The Bertz CT molecular complexity index is 647. The van der Waals surface area contributed by atoms with Gasteiger partial charge in [0.25, 0.3) is 0 Å². The fourth-order valence-electron chi connectivity index (χ4n) is 4.65. The van der Waals surface area contributed by atoms with Gasteiger partial charge in [0.2, 0.25) is 0 Å². The van der Waals surface area contributed by atoms with Crippen molar-refractivity contribution in [1.82, 2.24) is 4.98 Å². The number of hydrogen-bond donors (Lipinski definition) is 0. The maximum absolute atomic E-state index is 6.28. The Kier molecular flexibility index (Phi) is 3.56. The SMILES string of the molecule is Clc1cc(OCC2CC3(COC3)C2)c2c(n1)C1(CCOC1)OCC2. The van der Waals surface area contributed by atoms with Crippen LogP contribution < -0.4 is 4.74 Å². The summed E-state index contributed by atoms with van der Waals surface area (Å²) in [7, 11) is 0. The molecular formula is C18H22ClNO4. The number of halogens is 1. The summed E-state index contributed by atoms with van der Waals surface area (Å²) in [5.41, 5.74) is 2.12. The van der Waals surface area contributed by atoms with Crippen molar-refractivity contribution >= 4 is 11.6 Å². The Labute approximate surface area is 146 Å². The maximum atomic E-state index is 6.28. The first-order valence-electron chi connectivity index (χ1n) is 8.80. The standard InChI is InChI=1S/C18H22ClNO4/c19-15-5-14(23-8-12-6-17(7-12)9-22-10-17)13-1-3-24-18(16(13)20-15)2-4-21-11-18/h5,12H,1-4,6-11H2. The number of pyridine rings is 1. The second-order valence-corrected chi connectivity index (χ2v) is 8.13. The molecule has 1 saturated carbocycles. The van der Waals surface area contributed by atoms with Crippen molar-refractivity contribution in [2.24, 2.45) is 11.3 Å². The van der Waals surface area contributed by atoms with Gasteiger partial charge < -0.3 is 18.9 Å². The van der Waals surface area contributed by atoms with Gasteiger partial charge in [-0.25, -0.2) is 4.98 Å². The van der Waals surface area contributed by atoms with Crippen molar-refractivity contribution in [3.05, 3.63) is 22.5 Å². The van der Waals surface area contributed by atoms with E-state index >= 15 is 0 Å². The molecule has 1 unspecified atom stereocenters. The van der Waals surface area contributed by atoms with E-state index < -0.39 is 5.60 Å². The Morgan fingerprint density at radius 2 is 2.08 bits per heavy atom. The highest BCUT2D eigenvalue weighted by molar-refractivity contribution is 6.29. The smallest absolute Gasteiger partial charge is 0.136 e. The van der Waals surface area contributed by atoms with Gasteiger partial charge in [-0.05, 0) is 18.8 Å². The van der Waals surface area contributed by atoms with E-state index in [0.717, 1.165) is 49.7 Å². The summed E-state index contributed by atoms with van der Waals surface area (Å²) in [5.74, 6) is 1.51. The molecule has 4 aliphatic rings. The molecular weight excluding hydrogens is 330 g/mol. The Morgan fingerprint density at radius 3 is 2.79 bits per heavy atom. The van der Waals surface area contributed by atoms with Crippen LogP contribution in [0.15, 0.2) is 6.07 Å². The minimum absolute atomic E-state index is 0.430. The van der Waals surface area contributed by atoms with Crippen LogP contribution in [0.4, 0.5) is 0 Å². The zero-order valence-electron chi connectivity index (χ0n) is 13.7. The molecule has 1 aliphatic carbocycles. The number of nitrogens with zero attached hydrogens (tertiary/aromatic N) is 1. The molecule has 130 valence electrons. The third kappa shape index (κ3) is 2.37. The molecule has 0 radical (unpaired) electrons. The molecule has 1 atom stereocenters. The molecule has 0 bridgehead atoms. The van der Waals surface area contributed by atoms with Gasteiger partial charge >= 0.3 is 0 Å².